The van der Waals surface area contributed by atoms with Gasteiger partial charge >= 0.3 is 6.09 Å². The lowest BCUT2D eigenvalue weighted by molar-refractivity contribution is -0.130. The van der Waals surface area contributed by atoms with Crippen LogP contribution in [-0.2, 0) is 33.8 Å². The number of anilines is 1. The Morgan fingerprint density at radius 1 is 1.00 bits per heavy atom. The number of nitrogens with zero attached hydrogens (tertiary/aromatic N) is 6. The third kappa shape index (κ3) is 9.71. The first kappa shape index (κ1) is 42.5. The van der Waals surface area contributed by atoms with Gasteiger partial charge in [-0.15, -0.1) is 0 Å². The van der Waals surface area contributed by atoms with Crippen molar-refractivity contribution in [2.75, 3.05) is 38.6 Å². The molecule has 1 aromatic carbocycles. The van der Waals surface area contributed by atoms with Crippen LogP contribution in [-0.4, -0.2) is 104 Å². The molecule has 3 aromatic heterocycles. The zero-order valence-electron chi connectivity index (χ0n) is 35.1. The number of methoxy groups -OCH3 is 1. The van der Waals surface area contributed by atoms with Crippen LogP contribution in [0.25, 0.3) is 22.5 Å². The topological polar surface area (TPSA) is 159 Å². The maximum Gasteiger partial charge on any atom is 0.410 e. The summed E-state index contributed by atoms with van der Waals surface area (Å²) in [6.07, 6.45) is 6.78. The fourth-order valence-corrected chi connectivity index (χ4v) is 8.53. The number of likely N-dealkylation sites (tertiary alicyclic amines) is 1. The lowest BCUT2D eigenvalue weighted by atomic mass is 9.96. The smallest absolute Gasteiger partial charge is 0.410 e. The normalized spacial score (nSPS) is 17.1. The number of fused-ring (bicyclic) bond motifs is 1. The van der Waals surface area contributed by atoms with Crippen molar-refractivity contribution in [2.45, 2.75) is 97.5 Å². The van der Waals surface area contributed by atoms with Gasteiger partial charge in [-0.25, -0.2) is 9.78 Å². The van der Waals surface area contributed by atoms with Crippen LogP contribution in [0.15, 0.2) is 54.9 Å². The van der Waals surface area contributed by atoms with Crippen LogP contribution in [0, 0.1) is 6.92 Å². The van der Waals surface area contributed by atoms with Gasteiger partial charge in [0.2, 0.25) is 17.7 Å². The second-order valence-corrected chi connectivity index (χ2v) is 17.2. The molecular weight excluding hydrogens is 784 g/mol. The molecule has 0 unspecified atom stereocenters. The van der Waals surface area contributed by atoms with E-state index in [1.54, 1.807) is 24.1 Å². The van der Waals surface area contributed by atoms with E-state index in [9.17, 15) is 19.2 Å². The number of halogens is 1. The van der Waals surface area contributed by atoms with E-state index in [1.807, 2.05) is 75.2 Å². The summed E-state index contributed by atoms with van der Waals surface area (Å²) in [5.74, 6) is 0.105. The average Bonchev–Trinajstić information content (AvgIpc) is 3.64. The van der Waals surface area contributed by atoms with Gasteiger partial charge in [-0.05, 0) is 100 Å². The summed E-state index contributed by atoms with van der Waals surface area (Å²) in [5.41, 5.74) is 6.36. The van der Waals surface area contributed by atoms with E-state index >= 15 is 0 Å². The van der Waals surface area contributed by atoms with Crippen LogP contribution >= 0.6 is 11.6 Å². The molecule has 4 amide bonds. The number of hydrogen-bond acceptors (Lipinski definition) is 10. The van der Waals surface area contributed by atoms with E-state index in [1.165, 1.54) is 7.11 Å². The summed E-state index contributed by atoms with van der Waals surface area (Å²) < 4.78 is 11.4. The molecule has 0 spiro atoms. The van der Waals surface area contributed by atoms with E-state index in [4.69, 9.17) is 26.1 Å². The molecule has 15 heteroatoms. The Bertz CT molecular complexity index is 2290. The summed E-state index contributed by atoms with van der Waals surface area (Å²) in [4.78, 5) is 70.7. The summed E-state index contributed by atoms with van der Waals surface area (Å²) >= 11 is 7.12. The first-order chi connectivity index (χ1) is 28.7. The van der Waals surface area contributed by atoms with E-state index < -0.39 is 11.7 Å². The molecular formula is C45H53ClN8O6. The van der Waals surface area contributed by atoms with Crippen molar-refractivity contribution in [3.05, 3.63) is 87.8 Å². The molecule has 2 fully saturated rings. The standard InChI is InChI=1S/C45H53ClN8O6/c1-27-34(8-7-9-36(27)50-42(57)38-22-29-15-19-53(25-31(29)23-48-38)33-16-20-52(21-17-33)28(2)55)41-40(46)35(14-18-47-41)37-12-10-30(43(51-37)59-6)24-54(44(58)60-45(3,4)5)26-32-11-13-39(56)49-32/h7-10,12,14,18,22-23,32-33H,11,13,15-17,19-21,24-26H2,1-6H3,(H,49,56)(H,50,57)/t32-/m0/s1. The summed E-state index contributed by atoms with van der Waals surface area (Å²) in [5, 5.41) is 6.36. The highest BCUT2D eigenvalue weighted by atomic mass is 35.5. The third-order valence-corrected chi connectivity index (χ3v) is 11.8. The molecule has 0 saturated carbocycles. The summed E-state index contributed by atoms with van der Waals surface area (Å²) in [6.45, 7) is 12.7. The number of carbonyl (C=O) groups excluding carboxylic acids is 4. The molecule has 0 radical (unpaired) electrons. The number of aromatic nitrogens is 3. The van der Waals surface area contributed by atoms with Crippen molar-refractivity contribution in [3.63, 3.8) is 0 Å². The molecule has 2 N–H and O–H groups in total. The van der Waals surface area contributed by atoms with Gasteiger partial charge in [-0.3, -0.25) is 29.3 Å². The predicted molar refractivity (Wildman–Crippen MR) is 229 cm³/mol. The number of benzene rings is 1. The van der Waals surface area contributed by atoms with E-state index in [2.05, 4.69) is 25.5 Å². The lowest BCUT2D eigenvalue weighted by Crippen LogP contribution is -2.47. The van der Waals surface area contributed by atoms with Gasteiger partial charge in [0.05, 0.1) is 30.1 Å². The Morgan fingerprint density at radius 2 is 1.78 bits per heavy atom. The lowest BCUT2D eigenvalue weighted by Gasteiger charge is -2.40. The molecule has 4 aromatic rings. The molecule has 0 aliphatic carbocycles. The number of carbonyl (C=O) groups is 4. The van der Waals surface area contributed by atoms with Crippen LogP contribution in [0.5, 0.6) is 5.88 Å². The Kier molecular flexibility index (Phi) is 12.7. The monoisotopic (exact) mass is 836 g/mol. The van der Waals surface area contributed by atoms with Crippen molar-refractivity contribution in [3.8, 4) is 28.4 Å². The number of rotatable bonds is 10. The number of piperidine rings is 1. The first-order valence-electron chi connectivity index (χ1n) is 20.5. The van der Waals surface area contributed by atoms with Crippen LogP contribution in [0.1, 0.15) is 86.1 Å². The minimum absolute atomic E-state index is 0.0381. The highest BCUT2D eigenvalue weighted by Crippen LogP contribution is 2.38. The van der Waals surface area contributed by atoms with Gasteiger partial charge in [-0.2, -0.15) is 0 Å². The molecule has 60 heavy (non-hydrogen) atoms. The van der Waals surface area contributed by atoms with Crippen molar-refractivity contribution in [1.82, 2.24) is 35.0 Å². The van der Waals surface area contributed by atoms with Gasteiger partial charge in [0.25, 0.3) is 5.91 Å². The van der Waals surface area contributed by atoms with Crippen molar-refractivity contribution in [1.29, 1.82) is 0 Å². The minimum Gasteiger partial charge on any atom is -0.481 e. The van der Waals surface area contributed by atoms with Crippen LogP contribution in [0.2, 0.25) is 5.02 Å². The minimum atomic E-state index is -0.708. The van der Waals surface area contributed by atoms with Crippen LogP contribution in [0.4, 0.5) is 10.5 Å². The number of nitrogens with one attached hydrogen (secondary N) is 2. The second kappa shape index (κ2) is 17.9. The average molecular weight is 837 g/mol. The SMILES string of the molecule is COc1nc(-c2ccnc(-c3cccc(NC(=O)c4cc5c(cn4)CN(C4CCN(C(C)=O)CC4)CC5)c3C)c2Cl)ccc1CN(C[C@@H]1CCC(=O)N1)C(=O)OC(C)(C)C. The predicted octanol–water partition coefficient (Wildman–Crippen LogP) is 6.81. The number of amides is 4. The highest BCUT2D eigenvalue weighted by Gasteiger charge is 2.31. The zero-order chi connectivity index (χ0) is 42.7. The van der Waals surface area contributed by atoms with Crippen molar-refractivity contribution >= 4 is 41.1 Å². The largest absolute Gasteiger partial charge is 0.481 e. The number of hydrogen-bond donors (Lipinski definition) is 2. The molecule has 7 rings (SSSR count). The van der Waals surface area contributed by atoms with Gasteiger partial charge in [0.15, 0.2) is 0 Å². The third-order valence-electron chi connectivity index (χ3n) is 11.5. The molecule has 3 aliphatic heterocycles. The number of ether oxygens (including phenoxy) is 2. The maximum atomic E-state index is 13.6. The Hall–Kier alpha value is -5.60. The molecule has 2 saturated heterocycles. The van der Waals surface area contributed by atoms with Crippen LogP contribution in [0.3, 0.4) is 0 Å². The Balaban J connectivity index is 1.06. The van der Waals surface area contributed by atoms with Gasteiger partial charge in [0.1, 0.15) is 11.3 Å². The van der Waals surface area contributed by atoms with E-state index in [0.717, 1.165) is 67.7 Å². The highest BCUT2D eigenvalue weighted by molar-refractivity contribution is 6.35. The molecule has 1 atom stereocenters. The van der Waals surface area contributed by atoms with Gasteiger partial charge in [-0.1, -0.05) is 23.7 Å². The first-order valence-corrected chi connectivity index (χ1v) is 20.9. The Labute approximate surface area is 356 Å². The quantitative estimate of drug-likeness (QED) is 0.174. The van der Waals surface area contributed by atoms with Gasteiger partial charge < -0.3 is 29.9 Å². The zero-order valence-corrected chi connectivity index (χ0v) is 35.9. The fourth-order valence-electron chi connectivity index (χ4n) is 8.22. The molecule has 3 aliphatic rings. The molecule has 316 valence electrons. The molecule has 6 heterocycles. The maximum absolute atomic E-state index is 13.6. The molecule has 0 bridgehead atoms. The van der Waals surface area contributed by atoms with Crippen molar-refractivity contribution in [2.24, 2.45) is 0 Å². The van der Waals surface area contributed by atoms with E-state index in [0.29, 0.717) is 63.7 Å². The Morgan fingerprint density at radius 3 is 2.48 bits per heavy atom. The summed E-state index contributed by atoms with van der Waals surface area (Å²) in [6, 6.07) is 13.2. The van der Waals surface area contributed by atoms with Gasteiger partial charge in [0, 0.05) is 92.9 Å². The van der Waals surface area contributed by atoms with Crippen LogP contribution < -0.4 is 15.4 Å². The number of pyridine rings is 3. The summed E-state index contributed by atoms with van der Waals surface area (Å²) in [7, 11) is 1.52. The molecule has 14 nitrogen and oxygen atoms in total. The fraction of sp³-hybridized carbons (Fsp3) is 0.444. The second-order valence-electron chi connectivity index (χ2n) is 16.8. The van der Waals surface area contributed by atoms with E-state index in [-0.39, 0.29) is 36.9 Å². The van der Waals surface area contributed by atoms with Crippen molar-refractivity contribution < 1.29 is 28.7 Å².